The van der Waals surface area contributed by atoms with E-state index in [1.165, 1.54) is 0 Å². The van der Waals surface area contributed by atoms with Gasteiger partial charge in [0.05, 0.1) is 0 Å². The third-order valence-corrected chi connectivity index (χ3v) is 1.64. The van der Waals surface area contributed by atoms with Gasteiger partial charge in [0.1, 0.15) is 12.2 Å². The second-order valence-corrected chi connectivity index (χ2v) is 7.50. The number of rotatable bonds is 1. The normalized spacial score (nSPS) is 9.25. The van der Waals surface area contributed by atoms with E-state index in [1.54, 1.807) is 0 Å². The number of hydrogen-bond donors (Lipinski definition) is 0. The summed E-state index contributed by atoms with van der Waals surface area (Å²) in [7, 11) is -0.777. The third kappa shape index (κ3) is 9.82. The summed E-state index contributed by atoms with van der Waals surface area (Å²) in [6.45, 7) is 6.49. The van der Waals surface area contributed by atoms with E-state index in [9.17, 15) is 0 Å². The van der Waals surface area contributed by atoms with E-state index in [0.717, 1.165) is 6.16 Å². The summed E-state index contributed by atoms with van der Waals surface area (Å²) in [5.41, 5.74) is 0. The van der Waals surface area contributed by atoms with Crippen molar-refractivity contribution in [3.8, 4) is 6.07 Å². The molecule has 0 heterocycles. The summed E-state index contributed by atoms with van der Waals surface area (Å²) in [6.07, 6.45) is 0.757. The van der Waals surface area contributed by atoms with Crippen LogP contribution in [0.5, 0.6) is 0 Å². The maximum atomic E-state index is 8.18. The van der Waals surface area contributed by atoms with Gasteiger partial charge < -0.3 is 0 Å². The number of nitriles is 1. The zero-order valence-corrected chi connectivity index (χ0v) is 8.73. The highest BCUT2D eigenvalue weighted by atomic mass is 127. The number of hydrogen-bond acceptors (Lipinski definition) is 1. The molecule has 0 unspecified atom stereocenters. The minimum absolute atomic E-state index is 0. The van der Waals surface area contributed by atoms with Gasteiger partial charge in [0.2, 0.25) is 0 Å². The predicted molar refractivity (Wildman–Crippen MR) is 50.6 cm³/mol. The summed E-state index contributed by atoms with van der Waals surface area (Å²) < 4.78 is 0. The SMILES string of the molecule is C[P+](C)(C)CC#N.I. The molecule has 3 heteroatoms. The van der Waals surface area contributed by atoms with Crippen molar-refractivity contribution in [3.05, 3.63) is 0 Å². The van der Waals surface area contributed by atoms with Gasteiger partial charge in [-0.05, 0) is 0 Å². The Labute approximate surface area is 68.8 Å². The van der Waals surface area contributed by atoms with Gasteiger partial charge in [-0.1, -0.05) is 0 Å². The molecule has 0 aromatic rings. The molecule has 0 aliphatic heterocycles. The first-order valence-corrected chi connectivity index (χ1v) is 5.55. The van der Waals surface area contributed by atoms with Crippen LogP contribution >= 0.6 is 31.2 Å². The van der Waals surface area contributed by atoms with Crippen LogP contribution in [0.4, 0.5) is 0 Å². The topological polar surface area (TPSA) is 23.8 Å². The van der Waals surface area contributed by atoms with E-state index in [4.69, 9.17) is 5.26 Å². The maximum absolute atomic E-state index is 8.18. The molecule has 0 aliphatic rings. The quantitative estimate of drug-likeness (QED) is 0.511. The maximum Gasteiger partial charge on any atom is 0.144 e. The van der Waals surface area contributed by atoms with E-state index in [0.29, 0.717) is 0 Å². The lowest BCUT2D eigenvalue weighted by Crippen LogP contribution is -1.87. The molecular weight excluding hydrogens is 232 g/mol. The molecule has 8 heavy (non-hydrogen) atoms. The van der Waals surface area contributed by atoms with Crippen LogP contribution in [0.3, 0.4) is 0 Å². The van der Waals surface area contributed by atoms with Gasteiger partial charge in [-0.3, -0.25) is 0 Å². The molecule has 0 fully saturated rings. The van der Waals surface area contributed by atoms with Crippen molar-refractivity contribution in [1.29, 1.82) is 5.26 Å². The van der Waals surface area contributed by atoms with Crippen molar-refractivity contribution in [1.82, 2.24) is 0 Å². The van der Waals surface area contributed by atoms with Crippen LogP contribution in [0.15, 0.2) is 0 Å². The van der Waals surface area contributed by atoms with E-state index in [-0.39, 0.29) is 24.0 Å². The molecule has 0 aliphatic carbocycles. The van der Waals surface area contributed by atoms with Gasteiger partial charge in [-0.25, -0.2) is 0 Å². The molecule has 0 aromatic carbocycles. The Hall–Kier alpha value is 0.650. The van der Waals surface area contributed by atoms with Crippen LogP contribution in [0.25, 0.3) is 0 Å². The Balaban J connectivity index is 0. The van der Waals surface area contributed by atoms with E-state index < -0.39 is 7.26 Å². The first-order chi connectivity index (χ1) is 3.06. The number of nitrogens with zero attached hydrogens (tertiary/aromatic N) is 1. The van der Waals surface area contributed by atoms with E-state index in [2.05, 4.69) is 26.1 Å². The molecule has 0 amide bonds. The largest absolute Gasteiger partial charge is 0.194 e. The zero-order valence-electron chi connectivity index (χ0n) is 5.51. The molecular formula is C5H12INP+. The Morgan fingerprint density at radius 2 is 1.75 bits per heavy atom. The van der Waals surface area contributed by atoms with Gasteiger partial charge in [0.25, 0.3) is 0 Å². The molecule has 0 atom stereocenters. The fourth-order valence-electron chi connectivity index (χ4n) is 0.212. The van der Waals surface area contributed by atoms with Gasteiger partial charge in [0, 0.05) is 27.3 Å². The van der Waals surface area contributed by atoms with Crippen LogP contribution in [0.1, 0.15) is 0 Å². The molecule has 0 radical (unpaired) electrons. The summed E-state index contributed by atoms with van der Waals surface area (Å²) in [5.74, 6) is 0. The highest BCUT2D eigenvalue weighted by Gasteiger charge is 2.14. The molecule has 0 rings (SSSR count). The van der Waals surface area contributed by atoms with Crippen molar-refractivity contribution in [2.45, 2.75) is 0 Å². The fourth-order valence-corrected chi connectivity index (χ4v) is 0.636. The summed E-state index contributed by atoms with van der Waals surface area (Å²) in [5, 5.41) is 8.18. The van der Waals surface area contributed by atoms with Crippen molar-refractivity contribution in [2.75, 3.05) is 26.2 Å². The average molecular weight is 244 g/mol. The van der Waals surface area contributed by atoms with Crippen LogP contribution in [0.2, 0.25) is 0 Å². The molecule has 1 nitrogen and oxygen atoms in total. The van der Waals surface area contributed by atoms with Crippen LogP contribution in [-0.4, -0.2) is 26.2 Å². The van der Waals surface area contributed by atoms with E-state index in [1.807, 2.05) is 0 Å². The summed E-state index contributed by atoms with van der Waals surface area (Å²) >= 11 is 0. The van der Waals surface area contributed by atoms with Gasteiger partial charge in [0.15, 0.2) is 0 Å². The molecule has 0 bridgehead atoms. The first-order valence-electron chi connectivity index (χ1n) is 2.24. The van der Waals surface area contributed by atoms with Crippen molar-refractivity contribution in [3.63, 3.8) is 0 Å². The second-order valence-electron chi connectivity index (χ2n) is 2.61. The Kier molecular flexibility index (Phi) is 6.47. The molecule has 0 saturated carbocycles. The van der Waals surface area contributed by atoms with Gasteiger partial charge >= 0.3 is 0 Å². The Morgan fingerprint density at radius 3 is 1.75 bits per heavy atom. The lowest BCUT2D eigenvalue weighted by Gasteiger charge is -2.03. The molecule has 0 aromatic heterocycles. The molecule has 0 spiro atoms. The summed E-state index contributed by atoms with van der Waals surface area (Å²) in [6, 6.07) is 2.16. The smallest absolute Gasteiger partial charge is 0.144 e. The monoisotopic (exact) mass is 244 g/mol. The van der Waals surface area contributed by atoms with Crippen molar-refractivity contribution in [2.24, 2.45) is 0 Å². The minimum Gasteiger partial charge on any atom is -0.194 e. The highest BCUT2D eigenvalue weighted by molar-refractivity contribution is 14.0. The zero-order chi connectivity index (χ0) is 5.91. The van der Waals surface area contributed by atoms with Crippen LogP contribution in [0, 0.1) is 11.3 Å². The first kappa shape index (κ1) is 11.4. The number of halogens is 1. The Bertz CT molecular complexity index is 89.6. The van der Waals surface area contributed by atoms with Crippen LogP contribution < -0.4 is 0 Å². The lowest BCUT2D eigenvalue weighted by atomic mass is 10.9. The predicted octanol–water partition coefficient (Wildman–Crippen LogP) is 2.03. The lowest BCUT2D eigenvalue weighted by molar-refractivity contribution is 1.48. The third-order valence-electron chi connectivity index (χ3n) is 0.545. The molecule has 0 saturated heterocycles. The summed E-state index contributed by atoms with van der Waals surface area (Å²) in [4.78, 5) is 0. The second kappa shape index (κ2) is 4.52. The highest BCUT2D eigenvalue weighted by Crippen LogP contribution is 2.45. The molecule has 0 N–H and O–H groups in total. The average Bonchev–Trinajstić information content (AvgIpc) is 1.30. The van der Waals surface area contributed by atoms with E-state index >= 15 is 0 Å². The minimum atomic E-state index is -0.777. The van der Waals surface area contributed by atoms with Crippen molar-refractivity contribution < 1.29 is 0 Å². The van der Waals surface area contributed by atoms with Crippen molar-refractivity contribution >= 4 is 31.2 Å². The fraction of sp³-hybridized carbons (Fsp3) is 0.800. The molecule has 48 valence electrons. The Morgan fingerprint density at radius 1 is 1.38 bits per heavy atom. The standard InChI is InChI=1S/C5H11NP.HI/c1-7(2,3)5-4-6;/h5H2,1-3H3;1H/q+1;. The van der Waals surface area contributed by atoms with Crippen LogP contribution in [-0.2, 0) is 0 Å². The van der Waals surface area contributed by atoms with Gasteiger partial charge in [-0.15, -0.1) is 24.0 Å². The van der Waals surface area contributed by atoms with Gasteiger partial charge in [-0.2, -0.15) is 5.26 Å².